The van der Waals surface area contributed by atoms with Gasteiger partial charge in [0.2, 0.25) is 0 Å². The third-order valence-corrected chi connectivity index (χ3v) is 6.62. The van der Waals surface area contributed by atoms with Gasteiger partial charge >= 0.3 is 5.97 Å². The van der Waals surface area contributed by atoms with Crippen LogP contribution in [0.2, 0.25) is 0 Å². The van der Waals surface area contributed by atoms with Gasteiger partial charge < -0.3 is 19.3 Å². The summed E-state index contributed by atoms with van der Waals surface area (Å²) in [5.74, 6) is 0.367. The molecule has 6 nitrogen and oxygen atoms in total. The molecule has 4 rings (SSSR count). The van der Waals surface area contributed by atoms with Crippen molar-refractivity contribution >= 4 is 5.97 Å². The van der Waals surface area contributed by atoms with Gasteiger partial charge in [-0.05, 0) is 43.0 Å². The Morgan fingerprint density at radius 1 is 1.16 bits per heavy atom. The zero-order valence-electron chi connectivity index (χ0n) is 18.3. The van der Waals surface area contributed by atoms with Gasteiger partial charge in [-0.2, -0.15) is 0 Å². The fourth-order valence-corrected chi connectivity index (χ4v) is 4.97. The van der Waals surface area contributed by atoms with Crippen LogP contribution in [0.4, 0.5) is 0 Å². The average Bonchev–Trinajstić information content (AvgIpc) is 3.10. The van der Waals surface area contributed by atoms with Crippen LogP contribution >= 0.6 is 0 Å². The van der Waals surface area contributed by atoms with Gasteiger partial charge in [-0.3, -0.25) is 9.69 Å². The van der Waals surface area contributed by atoms with Crippen molar-refractivity contribution in [3.8, 4) is 11.5 Å². The Morgan fingerprint density at radius 3 is 2.68 bits per heavy atom. The van der Waals surface area contributed by atoms with Crippen molar-refractivity contribution < 1.29 is 24.1 Å². The maximum absolute atomic E-state index is 12.0. The lowest BCUT2D eigenvalue weighted by atomic mass is 9.72. The Labute approximate surface area is 183 Å². The lowest BCUT2D eigenvalue weighted by Crippen LogP contribution is -2.40. The summed E-state index contributed by atoms with van der Waals surface area (Å²) in [6, 6.07) is 14.2. The summed E-state index contributed by atoms with van der Waals surface area (Å²) in [6.45, 7) is 5.89. The minimum absolute atomic E-state index is 0.180. The van der Waals surface area contributed by atoms with Gasteiger partial charge in [0.15, 0.2) is 11.5 Å². The number of carbonyl (C=O) groups is 1. The van der Waals surface area contributed by atoms with Gasteiger partial charge in [0.1, 0.15) is 6.61 Å². The number of carboxylic acids is 1. The van der Waals surface area contributed by atoms with E-state index in [4.69, 9.17) is 14.2 Å². The highest BCUT2D eigenvalue weighted by Gasteiger charge is 2.50. The molecule has 1 spiro atoms. The molecule has 1 unspecified atom stereocenters. The first-order valence-electron chi connectivity index (χ1n) is 10.9. The van der Waals surface area contributed by atoms with Crippen molar-refractivity contribution in [3.63, 3.8) is 0 Å². The molecular formula is C25H31NO5. The normalized spacial score (nSPS) is 20.6. The molecule has 2 saturated heterocycles. The van der Waals surface area contributed by atoms with Crippen molar-refractivity contribution in [1.82, 2.24) is 4.90 Å². The number of nitrogens with zero attached hydrogens (tertiary/aromatic N) is 1. The number of methoxy groups -OCH3 is 1. The number of benzene rings is 2. The zero-order valence-corrected chi connectivity index (χ0v) is 18.3. The van der Waals surface area contributed by atoms with Gasteiger partial charge in [0.25, 0.3) is 0 Å². The molecule has 0 saturated carbocycles. The summed E-state index contributed by atoms with van der Waals surface area (Å²) >= 11 is 0. The second-order valence-corrected chi connectivity index (χ2v) is 8.80. The Morgan fingerprint density at radius 2 is 1.97 bits per heavy atom. The van der Waals surface area contributed by atoms with Crippen LogP contribution in [0.1, 0.15) is 29.5 Å². The number of hydrogen-bond donors (Lipinski definition) is 1. The summed E-state index contributed by atoms with van der Waals surface area (Å²) < 4.78 is 17.1. The van der Waals surface area contributed by atoms with Crippen LogP contribution in [0.5, 0.6) is 11.5 Å². The fourth-order valence-electron chi connectivity index (χ4n) is 4.97. The SMILES string of the molecule is COc1ccc(CN2CC(C(=O)O)C3(CCOCC3)C2)cc1OCc1cccc(C)c1. The minimum atomic E-state index is -0.693. The second-order valence-electron chi connectivity index (χ2n) is 8.80. The Bertz CT molecular complexity index is 922. The van der Waals surface area contributed by atoms with Crippen molar-refractivity contribution in [3.05, 3.63) is 59.2 Å². The van der Waals surface area contributed by atoms with Crippen LogP contribution in [-0.2, 0) is 22.7 Å². The maximum atomic E-state index is 12.0. The minimum Gasteiger partial charge on any atom is -0.493 e. The van der Waals surface area contributed by atoms with Gasteiger partial charge in [-0.1, -0.05) is 35.9 Å². The number of ether oxygens (including phenoxy) is 3. The highest BCUT2D eigenvalue weighted by atomic mass is 16.5. The van der Waals surface area contributed by atoms with Crippen LogP contribution < -0.4 is 9.47 Å². The van der Waals surface area contributed by atoms with E-state index in [1.54, 1.807) is 7.11 Å². The molecule has 2 heterocycles. The topological polar surface area (TPSA) is 68.2 Å². The number of aryl methyl sites for hydroxylation is 1. The third kappa shape index (κ3) is 4.86. The van der Waals surface area contributed by atoms with E-state index >= 15 is 0 Å². The molecule has 31 heavy (non-hydrogen) atoms. The molecule has 2 aliphatic rings. The van der Waals surface area contributed by atoms with Gasteiger partial charge in [-0.15, -0.1) is 0 Å². The van der Waals surface area contributed by atoms with Gasteiger partial charge in [-0.25, -0.2) is 0 Å². The van der Waals surface area contributed by atoms with Crippen molar-refractivity contribution in [1.29, 1.82) is 0 Å². The standard InChI is InChI=1S/C25H31NO5/c1-18-4-3-5-20(12-18)16-31-23-13-19(6-7-22(23)29-2)14-26-15-21(24(27)28)25(17-26)8-10-30-11-9-25/h3-7,12-13,21H,8-11,14-17H2,1-2H3,(H,27,28). The first-order valence-corrected chi connectivity index (χ1v) is 10.9. The molecule has 1 atom stereocenters. The van der Waals surface area contributed by atoms with E-state index in [-0.39, 0.29) is 11.3 Å². The van der Waals surface area contributed by atoms with Crippen molar-refractivity contribution in [2.45, 2.75) is 32.9 Å². The number of aliphatic carboxylic acids is 1. The average molecular weight is 426 g/mol. The number of likely N-dealkylation sites (tertiary alicyclic amines) is 1. The highest BCUT2D eigenvalue weighted by molar-refractivity contribution is 5.72. The molecule has 2 fully saturated rings. The molecule has 2 aliphatic heterocycles. The molecule has 2 aromatic carbocycles. The molecule has 166 valence electrons. The van der Waals surface area contributed by atoms with E-state index in [1.165, 1.54) is 5.56 Å². The molecular weight excluding hydrogens is 394 g/mol. The van der Waals surface area contributed by atoms with E-state index in [1.807, 2.05) is 30.3 Å². The number of carboxylic acid groups (broad SMARTS) is 1. The summed E-state index contributed by atoms with van der Waals surface area (Å²) in [5.41, 5.74) is 3.22. The second kappa shape index (κ2) is 9.28. The predicted octanol–water partition coefficient (Wildman–Crippen LogP) is 3.90. The lowest BCUT2D eigenvalue weighted by Gasteiger charge is -2.36. The van der Waals surface area contributed by atoms with Crippen LogP contribution in [0.15, 0.2) is 42.5 Å². The summed E-state index contributed by atoms with van der Waals surface area (Å²) in [6.07, 6.45) is 1.63. The first kappa shape index (κ1) is 21.7. The van der Waals surface area contributed by atoms with E-state index < -0.39 is 5.97 Å². The summed E-state index contributed by atoms with van der Waals surface area (Å²) in [7, 11) is 1.64. The van der Waals surface area contributed by atoms with Crippen LogP contribution in [-0.4, -0.2) is 49.4 Å². The molecule has 0 aliphatic carbocycles. The third-order valence-electron chi connectivity index (χ3n) is 6.62. The zero-order chi connectivity index (χ0) is 21.8. The van der Waals surface area contributed by atoms with Crippen molar-refractivity contribution in [2.24, 2.45) is 11.3 Å². The predicted molar refractivity (Wildman–Crippen MR) is 117 cm³/mol. The smallest absolute Gasteiger partial charge is 0.308 e. The number of rotatable bonds is 7. The van der Waals surface area contributed by atoms with E-state index in [9.17, 15) is 9.90 Å². The van der Waals surface area contributed by atoms with E-state index in [2.05, 4.69) is 24.0 Å². The van der Waals surface area contributed by atoms with E-state index in [0.29, 0.717) is 44.4 Å². The quantitative estimate of drug-likeness (QED) is 0.726. The highest BCUT2D eigenvalue weighted by Crippen LogP contribution is 2.45. The molecule has 6 heteroatoms. The Hall–Kier alpha value is -2.57. The van der Waals surface area contributed by atoms with E-state index in [0.717, 1.165) is 30.5 Å². The van der Waals surface area contributed by atoms with Crippen LogP contribution in [0.3, 0.4) is 0 Å². The number of hydrogen-bond acceptors (Lipinski definition) is 5. The lowest BCUT2D eigenvalue weighted by molar-refractivity contribution is -0.147. The van der Waals surface area contributed by atoms with Crippen LogP contribution in [0.25, 0.3) is 0 Å². The monoisotopic (exact) mass is 425 g/mol. The van der Waals surface area contributed by atoms with Gasteiger partial charge in [0.05, 0.1) is 13.0 Å². The molecule has 1 N–H and O–H groups in total. The van der Waals surface area contributed by atoms with Crippen molar-refractivity contribution in [2.75, 3.05) is 33.4 Å². The van der Waals surface area contributed by atoms with Crippen LogP contribution in [0, 0.1) is 18.3 Å². The first-order chi connectivity index (χ1) is 15.0. The summed E-state index contributed by atoms with van der Waals surface area (Å²) in [4.78, 5) is 14.2. The molecule has 0 bridgehead atoms. The molecule has 0 amide bonds. The molecule has 0 aromatic heterocycles. The van der Waals surface area contributed by atoms with Gasteiger partial charge in [0, 0.05) is 38.3 Å². The Kier molecular flexibility index (Phi) is 6.49. The summed E-state index contributed by atoms with van der Waals surface area (Å²) in [5, 5.41) is 9.82. The largest absolute Gasteiger partial charge is 0.493 e. The Balaban J connectivity index is 1.47. The fraction of sp³-hybridized carbons (Fsp3) is 0.480. The maximum Gasteiger partial charge on any atom is 0.308 e. The molecule has 2 aromatic rings. The molecule has 0 radical (unpaired) electrons.